The molecule has 27 heavy (non-hydrogen) atoms. The highest BCUT2D eigenvalue weighted by atomic mass is 16.2. The van der Waals surface area contributed by atoms with E-state index in [0.717, 1.165) is 81.2 Å². The number of anilines is 1. The van der Waals surface area contributed by atoms with Crippen LogP contribution in [0.2, 0.25) is 0 Å². The fourth-order valence-corrected chi connectivity index (χ4v) is 4.19. The molecule has 1 aliphatic carbocycles. The lowest BCUT2D eigenvalue weighted by Gasteiger charge is -2.26. The van der Waals surface area contributed by atoms with Crippen molar-refractivity contribution in [2.24, 2.45) is 11.8 Å². The fraction of sp³-hybridized carbons (Fsp3) is 0.684. The van der Waals surface area contributed by atoms with E-state index in [-0.39, 0.29) is 6.04 Å². The molecule has 1 amide bonds. The lowest BCUT2D eigenvalue weighted by atomic mass is 9.99. The minimum atomic E-state index is 0.233. The number of imidazole rings is 1. The Morgan fingerprint density at radius 3 is 2.85 bits per heavy atom. The molecule has 0 unspecified atom stereocenters. The summed E-state index contributed by atoms with van der Waals surface area (Å²) in [4.78, 5) is 28.2. The van der Waals surface area contributed by atoms with Gasteiger partial charge in [-0.1, -0.05) is 0 Å². The first kappa shape index (κ1) is 16.9. The molecule has 2 aromatic rings. The van der Waals surface area contributed by atoms with Crippen molar-refractivity contribution in [1.29, 1.82) is 0 Å². The summed E-state index contributed by atoms with van der Waals surface area (Å²) in [6.07, 6.45) is 5.68. The zero-order chi connectivity index (χ0) is 18.4. The maximum atomic E-state index is 12.3. The standard InChI is InChI=1S/C19H27N7O/c1-2-26-15(7-12-8-20-9-12)24-16-17(21-11-22-18(16)26)23-14-5-6-25(10-14)19(27)13-3-4-13/h11-14,20H,2-10H2,1H3,(H,21,22,23)/t14-/m0/s1. The summed E-state index contributed by atoms with van der Waals surface area (Å²) >= 11 is 0. The van der Waals surface area contributed by atoms with Crippen LogP contribution in [-0.2, 0) is 17.8 Å². The number of nitrogens with one attached hydrogen (secondary N) is 2. The normalized spacial score (nSPS) is 23.0. The second-order valence-electron chi connectivity index (χ2n) is 8.08. The van der Waals surface area contributed by atoms with Crippen LogP contribution in [0.15, 0.2) is 6.33 Å². The van der Waals surface area contributed by atoms with Crippen LogP contribution in [0.1, 0.15) is 32.0 Å². The molecule has 3 aliphatic rings. The zero-order valence-electron chi connectivity index (χ0n) is 15.8. The Labute approximate surface area is 158 Å². The maximum Gasteiger partial charge on any atom is 0.225 e. The molecule has 2 N–H and O–H groups in total. The van der Waals surface area contributed by atoms with Crippen molar-refractivity contribution >= 4 is 22.9 Å². The van der Waals surface area contributed by atoms with Crippen LogP contribution in [0.5, 0.6) is 0 Å². The molecule has 0 aromatic carbocycles. The summed E-state index contributed by atoms with van der Waals surface area (Å²) in [6, 6.07) is 0.233. The number of hydrogen-bond acceptors (Lipinski definition) is 6. The van der Waals surface area contributed by atoms with Crippen molar-refractivity contribution in [3.8, 4) is 0 Å². The van der Waals surface area contributed by atoms with Crippen molar-refractivity contribution in [3.63, 3.8) is 0 Å². The third-order valence-electron chi connectivity index (χ3n) is 6.03. The molecule has 144 valence electrons. The minimum absolute atomic E-state index is 0.233. The molecule has 0 radical (unpaired) electrons. The smallest absolute Gasteiger partial charge is 0.225 e. The number of amides is 1. The highest BCUT2D eigenvalue weighted by molar-refractivity contribution is 5.84. The first-order chi connectivity index (χ1) is 13.2. The molecule has 4 heterocycles. The molecule has 2 aromatic heterocycles. The Morgan fingerprint density at radius 1 is 1.30 bits per heavy atom. The highest BCUT2D eigenvalue weighted by Gasteiger charge is 2.36. The van der Waals surface area contributed by atoms with E-state index in [2.05, 4.69) is 32.1 Å². The Morgan fingerprint density at radius 2 is 2.15 bits per heavy atom. The van der Waals surface area contributed by atoms with Gasteiger partial charge in [0.25, 0.3) is 0 Å². The van der Waals surface area contributed by atoms with E-state index in [1.165, 1.54) is 0 Å². The van der Waals surface area contributed by atoms with Gasteiger partial charge in [0.1, 0.15) is 12.2 Å². The molecule has 8 nitrogen and oxygen atoms in total. The Hall–Kier alpha value is -2.22. The molecule has 2 aliphatic heterocycles. The fourth-order valence-electron chi connectivity index (χ4n) is 4.19. The zero-order valence-corrected chi connectivity index (χ0v) is 15.8. The predicted octanol–water partition coefficient (Wildman–Crippen LogP) is 1.03. The maximum absolute atomic E-state index is 12.3. The van der Waals surface area contributed by atoms with Gasteiger partial charge in [-0.3, -0.25) is 4.79 Å². The van der Waals surface area contributed by atoms with Crippen LogP contribution < -0.4 is 10.6 Å². The molecule has 1 atom stereocenters. The summed E-state index contributed by atoms with van der Waals surface area (Å²) in [7, 11) is 0. The average molecular weight is 369 g/mol. The van der Waals surface area contributed by atoms with Crippen molar-refractivity contribution in [1.82, 2.24) is 29.7 Å². The number of fused-ring (bicyclic) bond motifs is 1. The molecule has 5 rings (SSSR count). The number of likely N-dealkylation sites (tertiary alicyclic amines) is 1. The van der Waals surface area contributed by atoms with E-state index < -0.39 is 0 Å². The van der Waals surface area contributed by atoms with Gasteiger partial charge in [-0.05, 0) is 45.2 Å². The summed E-state index contributed by atoms with van der Waals surface area (Å²) in [6.45, 7) is 6.72. The molecule has 3 fully saturated rings. The molecular weight excluding hydrogens is 342 g/mol. The first-order valence-electron chi connectivity index (χ1n) is 10.2. The number of aromatic nitrogens is 4. The van der Waals surface area contributed by atoms with E-state index in [0.29, 0.717) is 17.7 Å². The third kappa shape index (κ3) is 3.16. The summed E-state index contributed by atoms with van der Waals surface area (Å²) < 4.78 is 2.21. The first-order valence-corrected chi connectivity index (χ1v) is 10.2. The number of rotatable bonds is 6. The topological polar surface area (TPSA) is 88.0 Å². The van der Waals surface area contributed by atoms with Gasteiger partial charge in [0.2, 0.25) is 5.91 Å². The van der Waals surface area contributed by atoms with Crippen molar-refractivity contribution in [2.75, 3.05) is 31.5 Å². The van der Waals surface area contributed by atoms with Gasteiger partial charge in [-0.25, -0.2) is 15.0 Å². The molecule has 0 spiro atoms. The summed E-state index contributed by atoms with van der Waals surface area (Å²) in [5.74, 6) is 3.18. The monoisotopic (exact) mass is 369 g/mol. The van der Waals surface area contributed by atoms with Crippen LogP contribution >= 0.6 is 0 Å². The highest BCUT2D eigenvalue weighted by Crippen LogP contribution is 2.32. The van der Waals surface area contributed by atoms with E-state index in [1.807, 2.05) is 4.90 Å². The van der Waals surface area contributed by atoms with Crippen LogP contribution in [0.3, 0.4) is 0 Å². The largest absolute Gasteiger partial charge is 0.364 e. The van der Waals surface area contributed by atoms with Gasteiger partial charge in [0.05, 0.1) is 0 Å². The van der Waals surface area contributed by atoms with Crippen LogP contribution in [0, 0.1) is 11.8 Å². The van der Waals surface area contributed by atoms with Crippen LogP contribution in [0.25, 0.3) is 11.2 Å². The van der Waals surface area contributed by atoms with E-state index in [9.17, 15) is 4.79 Å². The Bertz CT molecular complexity index is 855. The third-order valence-corrected chi connectivity index (χ3v) is 6.03. The molecular formula is C19H27N7O. The molecule has 2 saturated heterocycles. The van der Waals surface area contributed by atoms with Gasteiger partial charge in [-0.2, -0.15) is 0 Å². The Balaban J connectivity index is 1.36. The van der Waals surface area contributed by atoms with Gasteiger partial charge >= 0.3 is 0 Å². The van der Waals surface area contributed by atoms with Crippen LogP contribution in [-0.4, -0.2) is 62.5 Å². The molecule has 0 bridgehead atoms. The van der Waals surface area contributed by atoms with Crippen LogP contribution in [0.4, 0.5) is 5.82 Å². The molecule has 8 heteroatoms. The van der Waals surface area contributed by atoms with Gasteiger partial charge < -0.3 is 20.1 Å². The summed E-state index contributed by atoms with van der Waals surface area (Å²) in [5.41, 5.74) is 1.76. The lowest BCUT2D eigenvalue weighted by molar-refractivity contribution is -0.131. The lowest BCUT2D eigenvalue weighted by Crippen LogP contribution is -2.43. The molecule has 1 saturated carbocycles. The number of hydrogen-bond donors (Lipinski definition) is 2. The average Bonchev–Trinajstić information content (AvgIpc) is 3.27. The number of nitrogens with zero attached hydrogens (tertiary/aromatic N) is 5. The second kappa shape index (κ2) is 6.74. The van der Waals surface area contributed by atoms with Gasteiger partial charge in [0.15, 0.2) is 17.0 Å². The van der Waals surface area contributed by atoms with Gasteiger partial charge in [-0.15, -0.1) is 0 Å². The quantitative estimate of drug-likeness (QED) is 0.791. The van der Waals surface area contributed by atoms with E-state index in [1.54, 1.807) is 6.33 Å². The van der Waals surface area contributed by atoms with Crippen molar-refractivity contribution in [3.05, 3.63) is 12.2 Å². The predicted molar refractivity (Wildman–Crippen MR) is 102 cm³/mol. The number of aryl methyl sites for hydroxylation is 1. The van der Waals surface area contributed by atoms with E-state index >= 15 is 0 Å². The second-order valence-corrected chi connectivity index (χ2v) is 8.08. The Kier molecular flexibility index (Phi) is 4.22. The minimum Gasteiger partial charge on any atom is -0.364 e. The summed E-state index contributed by atoms with van der Waals surface area (Å²) in [5, 5.41) is 6.87. The van der Waals surface area contributed by atoms with Crippen molar-refractivity contribution in [2.45, 2.75) is 45.2 Å². The van der Waals surface area contributed by atoms with E-state index in [4.69, 9.17) is 4.98 Å². The van der Waals surface area contributed by atoms with Gasteiger partial charge in [0, 0.05) is 38.0 Å². The number of carbonyl (C=O) groups excluding carboxylic acids is 1. The SMILES string of the molecule is CCn1c(CC2CNC2)nc2c(N[C@H]3CCN(C(=O)C4CC4)C3)ncnc21. The van der Waals surface area contributed by atoms with Crippen molar-refractivity contribution < 1.29 is 4.79 Å². The number of carbonyl (C=O) groups is 1.